The van der Waals surface area contributed by atoms with Crippen LogP contribution in [0.5, 0.6) is 0 Å². The summed E-state index contributed by atoms with van der Waals surface area (Å²) < 4.78 is 10.1. The van der Waals surface area contributed by atoms with Gasteiger partial charge in [-0.05, 0) is 32.0 Å². The molecule has 1 unspecified atom stereocenters. The number of esters is 1. The van der Waals surface area contributed by atoms with Gasteiger partial charge >= 0.3 is 5.97 Å². The number of ether oxygens (including phenoxy) is 1. The Hall–Kier alpha value is -1.29. The van der Waals surface area contributed by atoms with Gasteiger partial charge < -0.3 is 14.5 Å². The predicted molar refractivity (Wildman–Crippen MR) is 56.7 cm³/mol. The van der Waals surface area contributed by atoms with Gasteiger partial charge in [-0.2, -0.15) is 0 Å². The molecule has 0 fully saturated rings. The highest BCUT2D eigenvalue weighted by Gasteiger charge is 2.13. The minimum absolute atomic E-state index is 0.144. The zero-order chi connectivity index (χ0) is 11.1. The van der Waals surface area contributed by atoms with Crippen molar-refractivity contribution in [3.05, 3.63) is 24.2 Å². The molecule has 0 spiro atoms. The highest BCUT2D eigenvalue weighted by molar-refractivity contribution is 5.86. The summed E-state index contributed by atoms with van der Waals surface area (Å²) in [6.07, 6.45) is 2.38. The summed E-state index contributed by atoms with van der Waals surface area (Å²) in [5.41, 5.74) is 0. The lowest BCUT2D eigenvalue weighted by molar-refractivity contribution is 0.0307. The van der Waals surface area contributed by atoms with E-state index in [1.54, 1.807) is 12.1 Å². The maximum absolute atomic E-state index is 11.4. The molecule has 0 aliphatic carbocycles. The van der Waals surface area contributed by atoms with Crippen LogP contribution in [0.3, 0.4) is 0 Å². The van der Waals surface area contributed by atoms with Crippen molar-refractivity contribution < 1.29 is 13.9 Å². The first-order valence-electron chi connectivity index (χ1n) is 5.19. The van der Waals surface area contributed by atoms with Gasteiger partial charge in [0, 0.05) is 6.54 Å². The fourth-order valence-corrected chi connectivity index (χ4v) is 1.16. The van der Waals surface area contributed by atoms with Gasteiger partial charge in [0.1, 0.15) is 6.10 Å². The number of carbonyl (C=O) groups is 1. The van der Waals surface area contributed by atoms with Crippen LogP contribution in [0.4, 0.5) is 0 Å². The summed E-state index contributed by atoms with van der Waals surface area (Å²) in [4.78, 5) is 11.4. The van der Waals surface area contributed by atoms with E-state index in [4.69, 9.17) is 9.15 Å². The van der Waals surface area contributed by atoms with Crippen molar-refractivity contribution >= 4 is 5.97 Å². The van der Waals surface area contributed by atoms with Crippen LogP contribution >= 0.6 is 0 Å². The Morgan fingerprint density at radius 3 is 3.07 bits per heavy atom. The number of rotatable bonds is 6. The van der Waals surface area contributed by atoms with Crippen molar-refractivity contribution in [3.63, 3.8) is 0 Å². The first-order chi connectivity index (χ1) is 7.24. The topological polar surface area (TPSA) is 51.5 Å². The second-order valence-electron chi connectivity index (χ2n) is 3.40. The number of hydrogen-bond acceptors (Lipinski definition) is 4. The number of carbonyl (C=O) groups excluding carboxylic acids is 1. The maximum atomic E-state index is 11.4. The summed E-state index contributed by atoms with van der Waals surface area (Å²) in [7, 11) is 0. The van der Waals surface area contributed by atoms with Crippen molar-refractivity contribution in [1.29, 1.82) is 0 Å². The first kappa shape index (κ1) is 11.8. The van der Waals surface area contributed by atoms with E-state index in [0.29, 0.717) is 6.54 Å². The Balaban J connectivity index is 2.26. The molecule has 0 radical (unpaired) electrons. The molecule has 0 aliphatic rings. The Morgan fingerprint density at radius 2 is 2.47 bits per heavy atom. The van der Waals surface area contributed by atoms with Crippen LogP contribution < -0.4 is 5.32 Å². The monoisotopic (exact) mass is 211 g/mol. The van der Waals surface area contributed by atoms with Gasteiger partial charge in [0.15, 0.2) is 0 Å². The van der Waals surface area contributed by atoms with E-state index in [9.17, 15) is 4.79 Å². The molecule has 0 saturated heterocycles. The van der Waals surface area contributed by atoms with Crippen LogP contribution in [-0.4, -0.2) is 25.2 Å². The minimum atomic E-state index is -0.411. The lowest BCUT2D eigenvalue weighted by Crippen LogP contribution is -2.29. The molecule has 1 atom stereocenters. The van der Waals surface area contributed by atoms with Crippen LogP contribution in [0, 0.1) is 0 Å². The molecule has 0 aliphatic heterocycles. The van der Waals surface area contributed by atoms with Crippen LogP contribution in [0.1, 0.15) is 30.8 Å². The van der Waals surface area contributed by atoms with E-state index in [1.807, 2.05) is 6.92 Å². The molecule has 1 aromatic rings. The molecule has 0 aromatic carbocycles. The highest BCUT2D eigenvalue weighted by atomic mass is 16.6. The maximum Gasteiger partial charge on any atom is 0.374 e. The highest BCUT2D eigenvalue weighted by Crippen LogP contribution is 2.04. The van der Waals surface area contributed by atoms with Gasteiger partial charge in [-0.25, -0.2) is 4.79 Å². The predicted octanol–water partition coefficient (Wildman–Crippen LogP) is 1.82. The molecule has 4 nitrogen and oxygen atoms in total. The zero-order valence-electron chi connectivity index (χ0n) is 9.16. The van der Waals surface area contributed by atoms with Crippen LogP contribution in [0.2, 0.25) is 0 Å². The normalized spacial score (nSPS) is 12.4. The fraction of sp³-hybridized carbons (Fsp3) is 0.545. The SMILES string of the molecule is CCCNCC(C)OC(=O)c1ccco1. The van der Waals surface area contributed by atoms with Crippen LogP contribution in [0.15, 0.2) is 22.8 Å². The molecule has 1 heterocycles. The van der Waals surface area contributed by atoms with Gasteiger partial charge in [0.2, 0.25) is 5.76 Å². The zero-order valence-corrected chi connectivity index (χ0v) is 9.16. The van der Waals surface area contributed by atoms with Crippen molar-refractivity contribution in [2.24, 2.45) is 0 Å². The summed E-state index contributed by atoms with van der Waals surface area (Å²) in [6, 6.07) is 3.26. The van der Waals surface area contributed by atoms with Crippen LogP contribution in [-0.2, 0) is 4.74 Å². The lowest BCUT2D eigenvalue weighted by Gasteiger charge is -2.12. The van der Waals surface area contributed by atoms with Crippen molar-refractivity contribution in [2.45, 2.75) is 26.4 Å². The summed E-state index contributed by atoms with van der Waals surface area (Å²) >= 11 is 0. The van der Waals surface area contributed by atoms with Gasteiger partial charge in [0.05, 0.1) is 6.26 Å². The second kappa shape index (κ2) is 6.24. The largest absolute Gasteiger partial charge is 0.457 e. The average Bonchev–Trinajstić information content (AvgIpc) is 2.70. The number of furan rings is 1. The lowest BCUT2D eigenvalue weighted by atomic mass is 10.3. The van der Waals surface area contributed by atoms with Gasteiger partial charge in [-0.3, -0.25) is 0 Å². The third-order valence-corrected chi connectivity index (χ3v) is 1.89. The molecule has 84 valence electrons. The molecule has 0 saturated carbocycles. The fourth-order valence-electron chi connectivity index (χ4n) is 1.16. The van der Waals surface area contributed by atoms with Crippen molar-refractivity contribution in [3.8, 4) is 0 Å². The quantitative estimate of drug-likeness (QED) is 0.576. The average molecular weight is 211 g/mol. The van der Waals surface area contributed by atoms with Crippen molar-refractivity contribution in [2.75, 3.05) is 13.1 Å². The minimum Gasteiger partial charge on any atom is -0.457 e. The molecule has 1 aromatic heterocycles. The first-order valence-corrected chi connectivity index (χ1v) is 5.19. The molecule has 4 heteroatoms. The third kappa shape index (κ3) is 4.16. The van der Waals surface area contributed by atoms with E-state index in [-0.39, 0.29) is 11.9 Å². The summed E-state index contributed by atoms with van der Waals surface area (Å²) in [6.45, 7) is 5.54. The standard InChI is InChI=1S/C11H17NO3/c1-3-6-12-8-9(2)15-11(13)10-5-4-7-14-10/h4-5,7,9,12H,3,6,8H2,1-2H3. The smallest absolute Gasteiger partial charge is 0.374 e. The Bertz CT molecular complexity index is 282. The van der Waals surface area contributed by atoms with E-state index in [0.717, 1.165) is 13.0 Å². The molecule has 0 bridgehead atoms. The second-order valence-corrected chi connectivity index (χ2v) is 3.40. The molecule has 1 N–H and O–H groups in total. The van der Waals surface area contributed by atoms with Gasteiger partial charge in [-0.15, -0.1) is 0 Å². The van der Waals surface area contributed by atoms with E-state index in [2.05, 4.69) is 12.2 Å². The Morgan fingerprint density at radius 1 is 1.67 bits per heavy atom. The molecular formula is C11H17NO3. The molecule has 15 heavy (non-hydrogen) atoms. The van der Waals surface area contributed by atoms with Gasteiger partial charge in [0.25, 0.3) is 0 Å². The number of nitrogens with one attached hydrogen (secondary N) is 1. The van der Waals surface area contributed by atoms with Gasteiger partial charge in [-0.1, -0.05) is 6.92 Å². The van der Waals surface area contributed by atoms with Crippen molar-refractivity contribution in [1.82, 2.24) is 5.32 Å². The Labute approximate surface area is 89.6 Å². The number of hydrogen-bond donors (Lipinski definition) is 1. The van der Waals surface area contributed by atoms with E-state index < -0.39 is 5.97 Å². The Kier molecular flexibility index (Phi) is 4.90. The summed E-state index contributed by atoms with van der Waals surface area (Å²) in [5.74, 6) is -0.164. The summed E-state index contributed by atoms with van der Waals surface area (Å²) in [5, 5.41) is 3.18. The molecule has 0 amide bonds. The molecular weight excluding hydrogens is 194 g/mol. The van der Waals surface area contributed by atoms with E-state index >= 15 is 0 Å². The van der Waals surface area contributed by atoms with E-state index in [1.165, 1.54) is 6.26 Å². The molecule has 1 rings (SSSR count). The van der Waals surface area contributed by atoms with Crippen LogP contribution in [0.25, 0.3) is 0 Å². The third-order valence-electron chi connectivity index (χ3n) is 1.89.